The average molecular weight is 245 g/mol. The Morgan fingerprint density at radius 2 is 2.00 bits per heavy atom. The van der Waals surface area contributed by atoms with Gasteiger partial charge in [-0.25, -0.2) is 0 Å². The first-order chi connectivity index (χ1) is 8.60. The fraction of sp³-hybridized carbons (Fsp3) is 0.562. The minimum Gasteiger partial charge on any atom is -0.296 e. The minimum atomic E-state index is 0.251. The molecule has 1 aromatic carbocycles. The van der Waals surface area contributed by atoms with Gasteiger partial charge in [0.15, 0.2) is 5.78 Å². The van der Waals surface area contributed by atoms with E-state index in [1.54, 1.807) is 0 Å². The van der Waals surface area contributed by atoms with E-state index in [2.05, 4.69) is 25.7 Å². The standard InChI is InChI=1S/C16H23NO/c1-4-17(10-14-6-7-14)11-16(18)15-8-5-12(2)13(3)9-15/h5,8-9,14H,4,6-7,10-11H2,1-3H3. The fourth-order valence-corrected chi connectivity index (χ4v) is 2.18. The van der Waals surface area contributed by atoms with Crippen LogP contribution in [0.3, 0.4) is 0 Å². The highest BCUT2D eigenvalue weighted by Crippen LogP contribution is 2.29. The maximum atomic E-state index is 12.2. The first-order valence-corrected chi connectivity index (χ1v) is 6.93. The number of Topliss-reactive ketones (excluding diaryl/α,β-unsaturated/α-hetero) is 1. The third-order valence-corrected chi connectivity index (χ3v) is 3.86. The molecule has 0 atom stereocenters. The van der Waals surface area contributed by atoms with E-state index >= 15 is 0 Å². The van der Waals surface area contributed by atoms with E-state index in [0.717, 1.165) is 24.6 Å². The molecule has 18 heavy (non-hydrogen) atoms. The van der Waals surface area contributed by atoms with Gasteiger partial charge in [0.1, 0.15) is 0 Å². The second kappa shape index (κ2) is 5.66. The molecule has 1 aliphatic rings. The van der Waals surface area contributed by atoms with E-state index in [9.17, 15) is 4.79 Å². The number of rotatable bonds is 6. The lowest BCUT2D eigenvalue weighted by atomic mass is 10.0. The Balaban J connectivity index is 1.98. The molecular formula is C16H23NO. The molecule has 2 rings (SSSR count). The van der Waals surface area contributed by atoms with Gasteiger partial charge in [0.2, 0.25) is 0 Å². The average Bonchev–Trinajstić information content (AvgIpc) is 3.15. The lowest BCUT2D eigenvalue weighted by Gasteiger charge is -2.19. The Morgan fingerprint density at radius 3 is 2.56 bits per heavy atom. The summed E-state index contributed by atoms with van der Waals surface area (Å²) in [6, 6.07) is 6.01. The molecule has 1 fully saturated rings. The number of benzene rings is 1. The largest absolute Gasteiger partial charge is 0.296 e. The Hall–Kier alpha value is -1.15. The molecule has 0 N–H and O–H groups in total. The summed E-state index contributed by atoms with van der Waals surface area (Å²) in [5.74, 6) is 1.10. The molecule has 2 nitrogen and oxygen atoms in total. The zero-order valence-electron chi connectivity index (χ0n) is 11.7. The van der Waals surface area contributed by atoms with Crippen LogP contribution in [-0.2, 0) is 0 Å². The van der Waals surface area contributed by atoms with Gasteiger partial charge >= 0.3 is 0 Å². The zero-order chi connectivity index (χ0) is 13.1. The lowest BCUT2D eigenvalue weighted by molar-refractivity contribution is 0.0931. The topological polar surface area (TPSA) is 20.3 Å². The van der Waals surface area contributed by atoms with Crippen molar-refractivity contribution in [1.82, 2.24) is 4.90 Å². The second-order valence-corrected chi connectivity index (χ2v) is 5.49. The molecule has 98 valence electrons. The molecule has 1 aromatic rings. The van der Waals surface area contributed by atoms with Crippen LogP contribution in [0, 0.1) is 19.8 Å². The molecule has 0 aliphatic heterocycles. The molecule has 1 saturated carbocycles. The predicted molar refractivity (Wildman–Crippen MR) is 75.1 cm³/mol. The summed E-state index contributed by atoms with van der Waals surface area (Å²) < 4.78 is 0. The summed E-state index contributed by atoms with van der Waals surface area (Å²) in [4.78, 5) is 14.5. The van der Waals surface area contributed by atoms with Crippen molar-refractivity contribution in [3.63, 3.8) is 0 Å². The molecule has 0 bridgehead atoms. The number of carbonyl (C=O) groups is 1. The van der Waals surface area contributed by atoms with Crippen molar-refractivity contribution in [2.75, 3.05) is 19.6 Å². The van der Waals surface area contributed by atoms with Crippen molar-refractivity contribution >= 4 is 5.78 Å². The third-order valence-electron chi connectivity index (χ3n) is 3.86. The van der Waals surface area contributed by atoms with Crippen molar-refractivity contribution < 1.29 is 4.79 Å². The first-order valence-electron chi connectivity index (χ1n) is 6.93. The number of carbonyl (C=O) groups excluding carboxylic acids is 1. The van der Waals surface area contributed by atoms with Crippen molar-refractivity contribution in [2.24, 2.45) is 5.92 Å². The SMILES string of the molecule is CCN(CC(=O)c1ccc(C)c(C)c1)CC1CC1. The molecule has 2 heteroatoms. The van der Waals surface area contributed by atoms with E-state index in [0.29, 0.717) is 6.54 Å². The maximum Gasteiger partial charge on any atom is 0.176 e. The van der Waals surface area contributed by atoms with E-state index in [1.807, 2.05) is 18.2 Å². The zero-order valence-corrected chi connectivity index (χ0v) is 11.7. The van der Waals surface area contributed by atoms with Gasteiger partial charge in [-0.1, -0.05) is 19.1 Å². The smallest absolute Gasteiger partial charge is 0.176 e. The summed E-state index contributed by atoms with van der Waals surface area (Å²) in [7, 11) is 0. The summed E-state index contributed by atoms with van der Waals surface area (Å²) in [5.41, 5.74) is 3.30. The number of hydrogen-bond donors (Lipinski definition) is 0. The molecule has 0 aromatic heterocycles. The molecule has 0 radical (unpaired) electrons. The van der Waals surface area contributed by atoms with Gasteiger partial charge in [-0.2, -0.15) is 0 Å². The number of nitrogens with zero attached hydrogens (tertiary/aromatic N) is 1. The van der Waals surface area contributed by atoms with Crippen LogP contribution in [-0.4, -0.2) is 30.3 Å². The Morgan fingerprint density at radius 1 is 1.28 bits per heavy atom. The van der Waals surface area contributed by atoms with Crippen LogP contribution in [0.5, 0.6) is 0 Å². The number of aryl methyl sites for hydroxylation is 2. The lowest BCUT2D eigenvalue weighted by Crippen LogP contribution is -2.31. The number of likely N-dealkylation sites (N-methyl/N-ethyl adjacent to an activating group) is 1. The van der Waals surface area contributed by atoms with Crippen molar-refractivity contribution in [3.8, 4) is 0 Å². The van der Waals surface area contributed by atoms with Crippen molar-refractivity contribution in [2.45, 2.75) is 33.6 Å². The highest BCUT2D eigenvalue weighted by Gasteiger charge is 2.24. The Bertz CT molecular complexity index is 435. The van der Waals surface area contributed by atoms with Gasteiger partial charge in [-0.3, -0.25) is 9.69 Å². The van der Waals surface area contributed by atoms with E-state index < -0.39 is 0 Å². The molecule has 0 saturated heterocycles. The molecule has 0 amide bonds. The molecule has 0 heterocycles. The number of ketones is 1. The van der Waals surface area contributed by atoms with Gasteiger partial charge in [0.05, 0.1) is 6.54 Å². The first kappa shape index (κ1) is 13.3. The molecule has 1 aliphatic carbocycles. The normalized spacial score (nSPS) is 15.1. The second-order valence-electron chi connectivity index (χ2n) is 5.49. The van der Waals surface area contributed by atoms with Crippen LogP contribution in [0.25, 0.3) is 0 Å². The van der Waals surface area contributed by atoms with E-state index in [-0.39, 0.29) is 5.78 Å². The minimum absolute atomic E-state index is 0.251. The Kier molecular flexibility index (Phi) is 4.18. The third kappa shape index (κ3) is 3.42. The monoisotopic (exact) mass is 245 g/mol. The molecular weight excluding hydrogens is 222 g/mol. The van der Waals surface area contributed by atoms with Gasteiger partial charge < -0.3 is 0 Å². The van der Waals surface area contributed by atoms with E-state index in [4.69, 9.17) is 0 Å². The van der Waals surface area contributed by atoms with Crippen LogP contribution < -0.4 is 0 Å². The van der Waals surface area contributed by atoms with Gasteiger partial charge in [0, 0.05) is 12.1 Å². The highest BCUT2D eigenvalue weighted by molar-refractivity contribution is 5.97. The summed E-state index contributed by atoms with van der Waals surface area (Å²) in [6.07, 6.45) is 2.68. The predicted octanol–water partition coefficient (Wildman–Crippen LogP) is 3.22. The maximum absolute atomic E-state index is 12.2. The van der Waals surface area contributed by atoms with Crippen LogP contribution in [0.4, 0.5) is 0 Å². The quantitative estimate of drug-likeness (QED) is 0.717. The molecule has 0 unspecified atom stereocenters. The van der Waals surface area contributed by atoms with Crippen molar-refractivity contribution in [1.29, 1.82) is 0 Å². The van der Waals surface area contributed by atoms with Crippen LogP contribution in [0.2, 0.25) is 0 Å². The van der Waals surface area contributed by atoms with Crippen LogP contribution in [0.15, 0.2) is 18.2 Å². The van der Waals surface area contributed by atoms with Gasteiger partial charge in [-0.15, -0.1) is 0 Å². The van der Waals surface area contributed by atoms with Crippen LogP contribution >= 0.6 is 0 Å². The summed E-state index contributed by atoms with van der Waals surface area (Å²) in [5, 5.41) is 0. The van der Waals surface area contributed by atoms with E-state index in [1.165, 1.54) is 24.0 Å². The van der Waals surface area contributed by atoms with Crippen LogP contribution in [0.1, 0.15) is 41.3 Å². The van der Waals surface area contributed by atoms with Gasteiger partial charge in [0.25, 0.3) is 0 Å². The van der Waals surface area contributed by atoms with Gasteiger partial charge in [-0.05, 0) is 56.3 Å². The highest BCUT2D eigenvalue weighted by atomic mass is 16.1. The summed E-state index contributed by atoms with van der Waals surface area (Å²) in [6.45, 7) is 8.90. The summed E-state index contributed by atoms with van der Waals surface area (Å²) >= 11 is 0. The van der Waals surface area contributed by atoms with Crippen molar-refractivity contribution in [3.05, 3.63) is 34.9 Å². The number of hydrogen-bond acceptors (Lipinski definition) is 2. The fourth-order valence-electron chi connectivity index (χ4n) is 2.18. The Labute approximate surface area is 110 Å². The molecule has 0 spiro atoms.